The van der Waals surface area contributed by atoms with Crippen LogP contribution < -0.4 is 10.6 Å². The summed E-state index contributed by atoms with van der Waals surface area (Å²) < 4.78 is 0. The summed E-state index contributed by atoms with van der Waals surface area (Å²) in [6.07, 6.45) is 0. The van der Waals surface area contributed by atoms with Crippen LogP contribution in [-0.4, -0.2) is 41.0 Å². The fraction of sp³-hybridized carbons (Fsp3) is 0.318. The molecule has 0 bridgehead atoms. The van der Waals surface area contributed by atoms with E-state index in [1.165, 1.54) is 17.0 Å². The summed E-state index contributed by atoms with van der Waals surface area (Å²) in [4.78, 5) is 37.6. The van der Waals surface area contributed by atoms with Gasteiger partial charge < -0.3 is 20.6 Å². The molecule has 0 aliphatic carbocycles. The van der Waals surface area contributed by atoms with Crippen molar-refractivity contribution in [2.75, 3.05) is 7.05 Å². The number of aromatic carboxylic acids is 1. The van der Waals surface area contributed by atoms with Crippen molar-refractivity contribution >= 4 is 17.9 Å². The molecule has 2 rings (SSSR count). The van der Waals surface area contributed by atoms with Crippen LogP contribution in [0.4, 0.5) is 4.79 Å². The van der Waals surface area contributed by atoms with E-state index in [-0.39, 0.29) is 17.4 Å². The van der Waals surface area contributed by atoms with Crippen LogP contribution in [0, 0.1) is 5.92 Å². The van der Waals surface area contributed by atoms with Gasteiger partial charge in [-0.3, -0.25) is 4.79 Å². The number of likely N-dealkylation sites (N-methyl/N-ethyl adjacent to an activating group) is 1. The highest BCUT2D eigenvalue weighted by Gasteiger charge is 2.27. The Kier molecular flexibility index (Phi) is 7.77. The quantitative estimate of drug-likeness (QED) is 0.638. The molecule has 0 spiro atoms. The number of carbonyl (C=O) groups excluding carboxylic acids is 2. The lowest BCUT2D eigenvalue weighted by Crippen LogP contribution is -2.52. The molecule has 0 heterocycles. The lowest BCUT2D eigenvalue weighted by Gasteiger charge is -2.27. The molecule has 0 aromatic heterocycles. The molecule has 0 aliphatic rings. The van der Waals surface area contributed by atoms with Crippen LogP contribution in [0.3, 0.4) is 0 Å². The molecule has 3 N–H and O–H groups in total. The van der Waals surface area contributed by atoms with E-state index in [0.717, 1.165) is 11.1 Å². The zero-order valence-electron chi connectivity index (χ0n) is 16.9. The van der Waals surface area contributed by atoms with Crippen LogP contribution in [0.2, 0.25) is 0 Å². The first kappa shape index (κ1) is 21.9. The molecule has 0 saturated carbocycles. The summed E-state index contributed by atoms with van der Waals surface area (Å²) in [6.45, 7) is 4.43. The van der Waals surface area contributed by atoms with E-state index in [4.69, 9.17) is 5.11 Å². The van der Waals surface area contributed by atoms with Crippen LogP contribution in [0.1, 0.15) is 35.3 Å². The van der Waals surface area contributed by atoms with Crippen molar-refractivity contribution in [3.63, 3.8) is 0 Å². The van der Waals surface area contributed by atoms with Crippen molar-refractivity contribution in [1.82, 2.24) is 15.5 Å². The SMILES string of the molecule is CC(C)C(NC(=O)NCc1ccccc1)C(=O)N(C)Cc1ccc(C(=O)O)cc1. The molecule has 29 heavy (non-hydrogen) atoms. The first-order valence-electron chi connectivity index (χ1n) is 9.43. The van der Waals surface area contributed by atoms with Gasteiger partial charge >= 0.3 is 12.0 Å². The van der Waals surface area contributed by atoms with Crippen molar-refractivity contribution in [3.05, 3.63) is 71.3 Å². The van der Waals surface area contributed by atoms with Gasteiger partial charge in [0.15, 0.2) is 0 Å². The van der Waals surface area contributed by atoms with Crippen molar-refractivity contribution < 1.29 is 19.5 Å². The average Bonchev–Trinajstić information content (AvgIpc) is 2.71. The third-order valence-electron chi connectivity index (χ3n) is 4.51. The van der Waals surface area contributed by atoms with E-state index < -0.39 is 18.0 Å². The van der Waals surface area contributed by atoms with Crippen LogP contribution >= 0.6 is 0 Å². The Morgan fingerprint density at radius 3 is 2.14 bits per heavy atom. The van der Waals surface area contributed by atoms with Crippen molar-refractivity contribution in [1.29, 1.82) is 0 Å². The molecule has 0 aliphatic heterocycles. The molecule has 2 aromatic rings. The van der Waals surface area contributed by atoms with Gasteiger partial charge in [-0.25, -0.2) is 9.59 Å². The molecule has 3 amide bonds. The van der Waals surface area contributed by atoms with Gasteiger partial charge in [-0.1, -0.05) is 56.3 Å². The minimum atomic E-state index is -0.994. The minimum absolute atomic E-state index is 0.0955. The summed E-state index contributed by atoms with van der Waals surface area (Å²) in [7, 11) is 1.66. The van der Waals surface area contributed by atoms with Crippen molar-refractivity contribution in [3.8, 4) is 0 Å². The summed E-state index contributed by atoms with van der Waals surface area (Å²) in [5.41, 5.74) is 1.97. The maximum Gasteiger partial charge on any atom is 0.335 e. The fourth-order valence-electron chi connectivity index (χ4n) is 2.83. The van der Waals surface area contributed by atoms with Gasteiger partial charge in [0.1, 0.15) is 6.04 Å². The minimum Gasteiger partial charge on any atom is -0.478 e. The van der Waals surface area contributed by atoms with E-state index in [1.54, 1.807) is 19.2 Å². The van der Waals surface area contributed by atoms with E-state index in [9.17, 15) is 14.4 Å². The van der Waals surface area contributed by atoms with Gasteiger partial charge in [0.05, 0.1) is 5.56 Å². The number of amides is 3. The zero-order chi connectivity index (χ0) is 21.4. The summed E-state index contributed by atoms with van der Waals surface area (Å²) >= 11 is 0. The maximum absolute atomic E-state index is 12.9. The van der Waals surface area contributed by atoms with E-state index in [1.807, 2.05) is 44.2 Å². The summed E-state index contributed by atoms with van der Waals surface area (Å²) in [5, 5.41) is 14.5. The van der Waals surface area contributed by atoms with Gasteiger partial charge in [0.2, 0.25) is 5.91 Å². The Balaban J connectivity index is 1.94. The summed E-state index contributed by atoms with van der Waals surface area (Å²) in [6, 6.07) is 14.8. The van der Waals surface area contributed by atoms with Crippen LogP contribution in [-0.2, 0) is 17.9 Å². The van der Waals surface area contributed by atoms with E-state index in [2.05, 4.69) is 10.6 Å². The number of hydrogen-bond acceptors (Lipinski definition) is 3. The molecule has 7 nitrogen and oxygen atoms in total. The highest BCUT2D eigenvalue weighted by Crippen LogP contribution is 2.11. The van der Waals surface area contributed by atoms with Crippen LogP contribution in [0.25, 0.3) is 0 Å². The largest absolute Gasteiger partial charge is 0.478 e. The maximum atomic E-state index is 12.9. The zero-order valence-corrected chi connectivity index (χ0v) is 16.9. The summed E-state index contributed by atoms with van der Waals surface area (Å²) in [5.74, 6) is -1.30. The smallest absolute Gasteiger partial charge is 0.335 e. The lowest BCUT2D eigenvalue weighted by atomic mass is 10.0. The highest BCUT2D eigenvalue weighted by molar-refractivity contribution is 5.88. The number of benzene rings is 2. The first-order chi connectivity index (χ1) is 13.8. The lowest BCUT2D eigenvalue weighted by molar-refractivity contribution is -0.133. The molecule has 2 aromatic carbocycles. The molecule has 1 unspecified atom stereocenters. The Morgan fingerprint density at radius 2 is 1.59 bits per heavy atom. The van der Waals surface area contributed by atoms with Gasteiger partial charge in [0, 0.05) is 20.1 Å². The number of urea groups is 1. The van der Waals surface area contributed by atoms with Crippen LogP contribution in [0.5, 0.6) is 0 Å². The number of nitrogens with one attached hydrogen (secondary N) is 2. The Hall–Kier alpha value is -3.35. The van der Waals surface area contributed by atoms with E-state index in [0.29, 0.717) is 13.1 Å². The van der Waals surface area contributed by atoms with Gasteiger partial charge in [-0.15, -0.1) is 0 Å². The monoisotopic (exact) mass is 397 g/mol. The third-order valence-corrected chi connectivity index (χ3v) is 4.51. The molecule has 7 heteroatoms. The molecule has 1 atom stereocenters. The fourth-order valence-corrected chi connectivity index (χ4v) is 2.83. The van der Waals surface area contributed by atoms with Gasteiger partial charge in [0.25, 0.3) is 0 Å². The molecule has 0 fully saturated rings. The number of hydrogen-bond donors (Lipinski definition) is 3. The topological polar surface area (TPSA) is 98.7 Å². The van der Waals surface area contributed by atoms with Crippen molar-refractivity contribution in [2.45, 2.75) is 33.0 Å². The molecular formula is C22H27N3O4. The highest BCUT2D eigenvalue weighted by atomic mass is 16.4. The second-order valence-corrected chi connectivity index (χ2v) is 7.23. The van der Waals surface area contributed by atoms with E-state index >= 15 is 0 Å². The van der Waals surface area contributed by atoms with Gasteiger partial charge in [-0.2, -0.15) is 0 Å². The Morgan fingerprint density at radius 1 is 0.966 bits per heavy atom. The predicted octanol–water partition coefficient (Wildman–Crippen LogP) is 2.87. The predicted molar refractivity (Wildman–Crippen MR) is 110 cm³/mol. The molecule has 0 saturated heterocycles. The number of rotatable bonds is 8. The number of nitrogens with zero attached hydrogens (tertiary/aromatic N) is 1. The van der Waals surface area contributed by atoms with Gasteiger partial charge in [-0.05, 0) is 29.2 Å². The third kappa shape index (κ3) is 6.64. The average molecular weight is 397 g/mol. The molecule has 154 valence electrons. The second kappa shape index (κ2) is 10.3. The first-order valence-corrected chi connectivity index (χ1v) is 9.43. The van der Waals surface area contributed by atoms with Crippen molar-refractivity contribution in [2.24, 2.45) is 5.92 Å². The standard InChI is InChI=1S/C22H27N3O4/c1-15(2)19(24-22(29)23-13-16-7-5-4-6-8-16)20(26)25(3)14-17-9-11-18(12-10-17)21(27)28/h4-12,15,19H,13-14H2,1-3H3,(H,27,28)(H2,23,24,29). The number of carbonyl (C=O) groups is 3. The number of carboxylic acid groups (broad SMARTS) is 1. The Bertz CT molecular complexity index is 835. The normalized spacial score (nSPS) is 11.6. The molecule has 0 radical (unpaired) electrons. The second-order valence-electron chi connectivity index (χ2n) is 7.23. The molecular weight excluding hydrogens is 370 g/mol. The number of carboxylic acids is 1. The van der Waals surface area contributed by atoms with Crippen LogP contribution in [0.15, 0.2) is 54.6 Å². The Labute approximate surface area is 170 Å².